The molecule has 0 saturated carbocycles. The fraction of sp³-hybridized carbons (Fsp3) is 0.875. The molecule has 1 aliphatic rings. The second kappa shape index (κ2) is 7.20. The zero-order chi connectivity index (χ0) is 17.0. The molecule has 1 amide bonds. The SMILES string of the molecule is CCC(C)(C)OC(=O)N1CCC(OC(=O)OC(C)(C)C)CC1. The maximum atomic E-state index is 12.1. The van der Waals surface area contributed by atoms with E-state index in [4.69, 9.17) is 14.2 Å². The van der Waals surface area contributed by atoms with E-state index in [0.29, 0.717) is 25.9 Å². The molecule has 1 saturated heterocycles. The van der Waals surface area contributed by atoms with E-state index in [-0.39, 0.29) is 12.2 Å². The predicted molar refractivity (Wildman–Crippen MR) is 82.8 cm³/mol. The van der Waals surface area contributed by atoms with Crippen molar-refractivity contribution >= 4 is 12.2 Å². The second-order valence-electron chi connectivity index (χ2n) is 7.25. The van der Waals surface area contributed by atoms with Gasteiger partial charge in [-0.3, -0.25) is 0 Å². The van der Waals surface area contributed by atoms with E-state index >= 15 is 0 Å². The number of hydrogen-bond donors (Lipinski definition) is 0. The molecule has 0 aliphatic carbocycles. The molecule has 6 nitrogen and oxygen atoms in total. The third kappa shape index (κ3) is 6.54. The van der Waals surface area contributed by atoms with Crippen molar-refractivity contribution in [1.29, 1.82) is 0 Å². The van der Waals surface area contributed by atoms with E-state index in [1.54, 1.807) is 25.7 Å². The molecule has 0 atom stereocenters. The Labute approximate surface area is 133 Å². The normalized spacial score (nSPS) is 17.1. The summed E-state index contributed by atoms with van der Waals surface area (Å²) < 4.78 is 15.9. The Morgan fingerprint density at radius 1 is 1.05 bits per heavy atom. The van der Waals surface area contributed by atoms with Crippen LogP contribution < -0.4 is 0 Å². The lowest BCUT2D eigenvalue weighted by Crippen LogP contribution is -2.44. The van der Waals surface area contributed by atoms with Crippen LogP contribution in [-0.2, 0) is 14.2 Å². The maximum absolute atomic E-state index is 12.1. The molecular weight excluding hydrogens is 286 g/mol. The van der Waals surface area contributed by atoms with Gasteiger partial charge >= 0.3 is 12.2 Å². The lowest BCUT2D eigenvalue weighted by atomic mass is 10.1. The number of likely N-dealkylation sites (tertiary alicyclic amines) is 1. The first kappa shape index (κ1) is 18.6. The molecule has 6 heteroatoms. The lowest BCUT2D eigenvalue weighted by Gasteiger charge is -2.34. The number of ether oxygens (including phenoxy) is 3. The van der Waals surface area contributed by atoms with E-state index in [1.165, 1.54) is 0 Å². The Balaban J connectivity index is 2.37. The Morgan fingerprint density at radius 2 is 1.59 bits per heavy atom. The van der Waals surface area contributed by atoms with Gasteiger partial charge in [0.05, 0.1) is 0 Å². The molecule has 22 heavy (non-hydrogen) atoms. The van der Waals surface area contributed by atoms with Crippen molar-refractivity contribution in [2.45, 2.75) is 78.1 Å². The molecule has 0 aromatic carbocycles. The molecule has 0 N–H and O–H groups in total. The zero-order valence-electron chi connectivity index (χ0n) is 14.6. The van der Waals surface area contributed by atoms with Gasteiger partial charge in [-0.2, -0.15) is 0 Å². The molecule has 1 aliphatic heterocycles. The van der Waals surface area contributed by atoms with Crippen molar-refractivity contribution < 1.29 is 23.8 Å². The van der Waals surface area contributed by atoms with Crippen LogP contribution in [0.25, 0.3) is 0 Å². The summed E-state index contributed by atoms with van der Waals surface area (Å²) in [7, 11) is 0. The first-order valence-electron chi connectivity index (χ1n) is 7.90. The van der Waals surface area contributed by atoms with Gasteiger partial charge in [-0.25, -0.2) is 9.59 Å². The number of piperidine rings is 1. The van der Waals surface area contributed by atoms with Gasteiger partial charge < -0.3 is 19.1 Å². The minimum Gasteiger partial charge on any atom is -0.443 e. The minimum absolute atomic E-state index is 0.210. The summed E-state index contributed by atoms with van der Waals surface area (Å²) in [6.07, 6.45) is 0.792. The van der Waals surface area contributed by atoms with Crippen LogP contribution in [0.5, 0.6) is 0 Å². The lowest BCUT2D eigenvalue weighted by molar-refractivity contribution is -0.0420. The fourth-order valence-electron chi connectivity index (χ4n) is 1.94. The van der Waals surface area contributed by atoms with Gasteiger partial charge in [-0.05, 0) is 41.0 Å². The van der Waals surface area contributed by atoms with Crippen LogP contribution in [-0.4, -0.2) is 47.5 Å². The van der Waals surface area contributed by atoms with Gasteiger partial charge in [0.15, 0.2) is 0 Å². The smallest absolute Gasteiger partial charge is 0.443 e. The standard InChI is InChI=1S/C16H29NO5/c1-7-16(5,6)21-13(18)17-10-8-12(9-11-17)20-14(19)22-15(2,3)4/h12H,7-11H2,1-6H3. The molecule has 1 fully saturated rings. The van der Waals surface area contributed by atoms with Gasteiger partial charge in [-0.15, -0.1) is 0 Å². The summed E-state index contributed by atoms with van der Waals surface area (Å²) in [4.78, 5) is 25.3. The third-order valence-corrected chi connectivity index (χ3v) is 3.57. The summed E-state index contributed by atoms with van der Waals surface area (Å²) in [5.41, 5.74) is -1.02. The Hall–Kier alpha value is -1.46. The third-order valence-electron chi connectivity index (χ3n) is 3.57. The summed E-state index contributed by atoms with van der Waals surface area (Å²) in [5, 5.41) is 0. The van der Waals surface area contributed by atoms with Crippen LogP contribution in [0.4, 0.5) is 9.59 Å². The van der Waals surface area contributed by atoms with E-state index in [2.05, 4.69) is 0 Å². The van der Waals surface area contributed by atoms with E-state index < -0.39 is 17.4 Å². The number of carbonyl (C=O) groups is 2. The van der Waals surface area contributed by atoms with Crippen LogP contribution in [0.2, 0.25) is 0 Å². The molecular formula is C16H29NO5. The largest absolute Gasteiger partial charge is 0.509 e. The number of rotatable bonds is 3. The quantitative estimate of drug-likeness (QED) is 0.742. The predicted octanol–water partition coefficient (Wildman–Crippen LogP) is 3.73. The van der Waals surface area contributed by atoms with E-state index in [9.17, 15) is 9.59 Å². The number of hydrogen-bond acceptors (Lipinski definition) is 5. The number of amides is 1. The van der Waals surface area contributed by atoms with Crippen molar-refractivity contribution in [1.82, 2.24) is 4.90 Å². The highest BCUT2D eigenvalue weighted by atomic mass is 16.7. The topological polar surface area (TPSA) is 65.1 Å². The average molecular weight is 315 g/mol. The number of carbonyl (C=O) groups excluding carboxylic acids is 2. The van der Waals surface area contributed by atoms with Crippen LogP contribution in [0.15, 0.2) is 0 Å². The molecule has 0 unspecified atom stereocenters. The average Bonchev–Trinajstić information content (AvgIpc) is 2.36. The van der Waals surface area contributed by atoms with Crippen molar-refractivity contribution in [3.63, 3.8) is 0 Å². The molecule has 0 radical (unpaired) electrons. The molecule has 1 rings (SSSR count). The van der Waals surface area contributed by atoms with E-state index in [0.717, 1.165) is 6.42 Å². The van der Waals surface area contributed by atoms with Gasteiger partial charge in [0.2, 0.25) is 0 Å². The van der Waals surface area contributed by atoms with Crippen LogP contribution in [0, 0.1) is 0 Å². The van der Waals surface area contributed by atoms with Crippen molar-refractivity contribution in [3.8, 4) is 0 Å². The molecule has 1 heterocycles. The van der Waals surface area contributed by atoms with Crippen LogP contribution >= 0.6 is 0 Å². The number of nitrogens with zero attached hydrogens (tertiary/aromatic N) is 1. The fourth-order valence-corrected chi connectivity index (χ4v) is 1.94. The highest BCUT2D eigenvalue weighted by Gasteiger charge is 2.30. The molecule has 0 aromatic rings. The van der Waals surface area contributed by atoms with Crippen molar-refractivity contribution in [2.24, 2.45) is 0 Å². The minimum atomic E-state index is -0.652. The Bertz CT molecular complexity index is 392. The van der Waals surface area contributed by atoms with Crippen LogP contribution in [0.1, 0.15) is 60.8 Å². The summed E-state index contributed by atoms with van der Waals surface area (Å²) >= 11 is 0. The Kier molecular flexibility index (Phi) is 6.08. The first-order valence-corrected chi connectivity index (χ1v) is 7.90. The first-order chi connectivity index (χ1) is 10.0. The highest BCUT2D eigenvalue weighted by Crippen LogP contribution is 2.20. The molecule has 0 bridgehead atoms. The van der Waals surface area contributed by atoms with E-state index in [1.807, 2.05) is 20.8 Å². The maximum Gasteiger partial charge on any atom is 0.509 e. The molecule has 128 valence electrons. The van der Waals surface area contributed by atoms with Gasteiger partial charge in [0.25, 0.3) is 0 Å². The van der Waals surface area contributed by atoms with Crippen molar-refractivity contribution in [2.75, 3.05) is 13.1 Å². The van der Waals surface area contributed by atoms with Crippen molar-refractivity contribution in [3.05, 3.63) is 0 Å². The summed E-state index contributed by atoms with van der Waals surface area (Å²) in [5.74, 6) is 0. The van der Waals surface area contributed by atoms with Gasteiger partial charge in [0.1, 0.15) is 17.3 Å². The second-order valence-corrected chi connectivity index (χ2v) is 7.25. The zero-order valence-corrected chi connectivity index (χ0v) is 14.6. The molecule has 0 aromatic heterocycles. The van der Waals surface area contributed by atoms with Gasteiger partial charge in [0, 0.05) is 25.9 Å². The summed E-state index contributed by atoms with van der Waals surface area (Å²) in [6.45, 7) is 12.2. The Morgan fingerprint density at radius 3 is 2.05 bits per heavy atom. The summed E-state index contributed by atoms with van der Waals surface area (Å²) in [6, 6.07) is 0. The highest BCUT2D eigenvalue weighted by molar-refractivity contribution is 5.68. The monoisotopic (exact) mass is 315 g/mol. The molecule has 0 spiro atoms. The van der Waals surface area contributed by atoms with Gasteiger partial charge in [-0.1, -0.05) is 6.92 Å². The van der Waals surface area contributed by atoms with Crippen LogP contribution in [0.3, 0.4) is 0 Å².